The minimum absolute atomic E-state index is 0.190. The molecule has 3 rings (SSSR count). The summed E-state index contributed by atoms with van der Waals surface area (Å²) in [6.07, 6.45) is -4.42. The Morgan fingerprint density at radius 2 is 1.75 bits per heavy atom. The van der Waals surface area contributed by atoms with Crippen LogP contribution in [0.25, 0.3) is 0 Å². The monoisotopic (exact) mass is 388 g/mol. The Balaban J connectivity index is 1.85. The molecule has 146 valence electrons. The lowest BCUT2D eigenvalue weighted by Gasteiger charge is -2.14. The molecule has 0 aliphatic heterocycles. The van der Waals surface area contributed by atoms with E-state index in [4.69, 9.17) is 4.74 Å². The molecular weight excluding hydrogens is 369 g/mol. The Hall–Kier alpha value is -3.29. The number of halogens is 3. The van der Waals surface area contributed by atoms with Crippen molar-refractivity contribution in [2.75, 3.05) is 17.2 Å². The number of nitrogens with one attached hydrogen (secondary N) is 2. The molecule has 0 unspecified atom stereocenters. The second-order valence-corrected chi connectivity index (χ2v) is 5.98. The summed E-state index contributed by atoms with van der Waals surface area (Å²) in [5.74, 6) is 1.36. The third-order valence-electron chi connectivity index (χ3n) is 3.75. The number of hydrogen-bond acceptors (Lipinski definition) is 5. The molecule has 2 aromatic carbocycles. The largest absolute Gasteiger partial charge is 0.492 e. The molecule has 0 atom stereocenters. The molecule has 0 saturated carbocycles. The molecule has 0 bridgehead atoms. The van der Waals surface area contributed by atoms with Gasteiger partial charge in [0.25, 0.3) is 0 Å². The molecule has 0 fully saturated rings. The minimum Gasteiger partial charge on any atom is -0.492 e. The summed E-state index contributed by atoms with van der Waals surface area (Å²) in [7, 11) is 0. The van der Waals surface area contributed by atoms with Crippen molar-refractivity contribution in [2.24, 2.45) is 0 Å². The fraction of sp³-hybridized carbons (Fsp3) is 0.200. The first kappa shape index (κ1) is 19.5. The van der Waals surface area contributed by atoms with Gasteiger partial charge >= 0.3 is 6.18 Å². The van der Waals surface area contributed by atoms with Crippen LogP contribution in [-0.2, 0) is 6.18 Å². The summed E-state index contributed by atoms with van der Waals surface area (Å²) in [5, 5.41) is 5.99. The number of ether oxygens (including phenoxy) is 1. The van der Waals surface area contributed by atoms with E-state index in [0.29, 0.717) is 23.9 Å². The van der Waals surface area contributed by atoms with E-state index in [9.17, 15) is 13.2 Å². The third-order valence-corrected chi connectivity index (χ3v) is 3.75. The second-order valence-electron chi connectivity index (χ2n) is 5.98. The zero-order chi connectivity index (χ0) is 20.1. The molecule has 0 radical (unpaired) electrons. The number of aromatic nitrogens is 2. The Bertz CT molecular complexity index is 960. The number of hydrogen-bond donors (Lipinski definition) is 2. The summed E-state index contributed by atoms with van der Waals surface area (Å²) in [5.41, 5.74) is 0.892. The Kier molecular flexibility index (Phi) is 5.67. The van der Waals surface area contributed by atoms with E-state index in [2.05, 4.69) is 20.6 Å². The van der Waals surface area contributed by atoms with Gasteiger partial charge in [-0.3, -0.25) is 0 Å². The van der Waals surface area contributed by atoms with Gasteiger partial charge in [-0.25, -0.2) is 4.98 Å². The summed E-state index contributed by atoms with van der Waals surface area (Å²) < 4.78 is 44.3. The predicted molar refractivity (Wildman–Crippen MR) is 102 cm³/mol. The lowest BCUT2D eigenvalue weighted by molar-refractivity contribution is -0.137. The fourth-order valence-electron chi connectivity index (χ4n) is 2.58. The maximum Gasteiger partial charge on any atom is 0.416 e. The van der Waals surface area contributed by atoms with Crippen molar-refractivity contribution in [1.29, 1.82) is 0 Å². The highest BCUT2D eigenvalue weighted by Crippen LogP contribution is 2.31. The number of aryl methyl sites for hydroxylation is 1. The zero-order valence-electron chi connectivity index (χ0n) is 15.3. The number of anilines is 4. The van der Waals surface area contributed by atoms with Crippen molar-refractivity contribution in [3.05, 3.63) is 65.9 Å². The molecular formula is C20H19F3N4O. The maximum atomic E-state index is 12.9. The van der Waals surface area contributed by atoms with Crippen LogP contribution in [0.3, 0.4) is 0 Å². The lowest BCUT2D eigenvalue weighted by Crippen LogP contribution is -2.06. The molecule has 0 saturated heterocycles. The molecule has 0 aliphatic carbocycles. The van der Waals surface area contributed by atoms with Crippen LogP contribution < -0.4 is 15.4 Å². The standard InChI is InChI=1S/C20H19F3N4O/c1-3-28-17-10-5-4-9-16(17)26-18-11-13(2)24-19(27-18)25-15-8-6-7-14(12-15)20(21,22)23/h4-12H,3H2,1-2H3,(H2,24,25,26,27). The van der Waals surface area contributed by atoms with Crippen LogP contribution in [0, 0.1) is 6.92 Å². The molecule has 3 aromatic rings. The first-order valence-electron chi connectivity index (χ1n) is 8.64. The van der Waals surface area contributed by atoms with Gasteiger partial charge in [0.2, 0.25) is 5.95 Å². The van der Waals surface area contributed by atoms with Gasteiger partial charge in [-0.15, -0.1) is 0 Å². The molecule has 1 heterocycles. The molecule has 5 nitrogen and oxygen atoms in total. The molecule has 1 aromatic heterocycles. The van der Waals surface area contributed by atoms with Crippen molar-refractivity contribution in [2.45, 2.75) is 20.0 Å². The zero-order valence-corrected chi connectivity index (χ0v) is 15.3. The highest BCUT2D eigenvalue weighted by molar-refractivity contribution is 5.65. The van der Waals surface area contributed by atoms with Gasteiger partial charge in [0, 0.05) is 17.4 Å². The van der Waals surface area contributed by atoms with Gasteiger partial charge in [0.05, 0.1) is 17.9 Å². The van der Waals surface area contributed by atoms with Gasteiger partial charge in [-0.2, -0.15) is 18.2 Å². The number of para-hydroxylation sites is 2. The average Bonchev–Trinajstić information content (AvgIpc) is 2.63. The highest BCUT2D eigenvalue weighted by atomic mass is 19.4. The maximum absolute atomic E-state index is 12.9. The third kappa shape index (κ3) is 4.91. The summed E-state index contributed by atoms with van der Waals surface area (Å²) in [6, 6.07) is 14.0. The quantitative estimate of drug-likeness (QED) is 0.568. The number of rotatable bonds is 6. The van der Waals surface area contributed by atoms with Crippen LogP contribution >= 0.6 is 0 Å². The van der Waals surface area contributed by atoms with E-state index in [1.54, 1.807) is 13.0 Å². The van der Waals surface area contributed by atoms with Crippen LogP contribution in [0.5, 0.6) is 5.75 Å². The number of benzene rings is 2. The summed E-state index contributed by atoms with van der Waals surface area (Å²) in [4.78, 5) is 8.59. The van der Waals surface area contributed by atoms with Crippen LogP contribution in [0.4, 0.5) is 36.3 Å². The average molecular weight is 388 g/mol. The molecule has 8 heteroatoms. The Morgan fingerprint density at radius 1 is 0.964 bits per heavy atom. The van der Waals surface area contributed by atoms with E-state index in [-0.39, 0.29) is 11.6 Å². The SMILES string of the molecule is CCOc1ccccc1Nc1cc(C)nc(Nc2cccc(C(F)(F)F)c2)n1. The van der Waals surface area contributed by atoms with Gasteiger partial charge in [0.1, 0.15) is 11.6 Å². The molecule has 0 aliphatic rings. The van der Waals surface area contributed by atoms with E-state index in [1.165, 1.54) is 12.1 Å². The molecule has 2 N–H and O–H groups in total. The fourth-order valence-corrected chi connectivity index (χ4v) is 2.58. The molecule has 0 spiro atoms. The van der Waals surface area contributed by atoms with E-state index in [1.807, 2.05) is 31.2 Å². The van der Waals surface area contributed by atoms with Crippen molar-refractivity contribution < 1.29 is 17.9 Å². The lowest BCUT2D eigenvalue weighted by atomic mass is 10.2. The topological polar surface area (TPSA) is 59.1 Å². The first-order valence-corrected chi connectivity index (χ1v) is 8.64. The second kappa shape index (κ2) is 8.16. The van der Waals surface area contributed by atoms with Crippen molar-refractivity contribution in [1.82, 2.24) is 9.97 Å². The van der Waals surface area contributed by atoms with E-state index in [0.717, 1.165) is 17.8 Å². The Morgan fingerprint density at radius 3 is 2.50 bits per heavy atom. The van der Waals surface area contributed by atoms with Crippen LogP contribution in [-0.4, -0.2) is 16.6 Å². The van der Waals surface area contributed by atoms with Crippen LogP contribution in [0.2, 0.25) is 0 Å². The summed E-state index contributed by atoms with van der Waals surface area (Å²) >= 11 is 0. The Labute approximate surface area is 160 Å². The minimum atomic E-state index is -4.42. The van der Waals surface area contributed by atoms with E-state index < -0.39 is 11.7 Å². The number of alkyl halides is 3. The summed E-state index contributed by atoms with van der Waals surface area (Å²) in [6.45, 7) is 4.19. The molecule has 0 amide bonds. The first-order chi connectivity index (χ1) is 13.3. The van der Waals surface area contributed by atoms with Gasteiger partial charge in [-0.05, 0) is 44.2 Å². The van der Waals surface area contributed by atoms with Crippen molar-refractivity contribution in [3.8, 4) is 5.75 Å². The number of nitrogens with zero attached hydrogens (tertiary/aromatic N) is 2. The molecule has 28 heavy (non-hydrogen) atoms. The van der Waals surface area contributed by atoms with Gasteiger partial charge < -0.3 is 15.4 Å². The van der Waals surface area contributed by atoms with Crippen molar-refractivity contribution in [3.63, 3.8) is 0 Å². The van der Waals surface area contributed by atoms with Crippen LogP contribution in [0.15, 0.2) is 54.6 Å². The van der Waals surface area contributed by atoms with Gasteiger partial charge in [0.15, 0.2) is 0 Å². The van der Waals surface area contributed by atoms with Crippen molar-refractivity contribution >= 4 is 23.1 Å². The van der Waals surface area contributed by atoms with Crippen LogP contribution in [0.1, 0.15) is 18.2 Å². The predicted octanol–water partition coefficient (Wildman–Crippen LogP) is 5.69. The van der Waals surface area contributed by atoms with E-state index >= 15 is 0 Å². The highest BCUT2D eigenvalue weighted by Gasteiger charge is 2.30. The normalized spacial score (nSPS) is 11.2. The van der Waals surface area contributed by atoms with Gasteiger partial charge in [-0.1, -0.05) is 18.2 Å². The smallest absolute Gasteiger partial charge is 0.416 e.